The Balaban J connectivity index is 0.00000133. The van der Waals surface area contributed by atoms with Gasteiger partial charge in [-0.1, -0.05) is 0 Å². The van der Waals surface area contributed by atoms with E-state index in [-0.39, 0.29) is 43.3 Å². The van der Waals surface area contributed by atoms with Crippen LogP contribution in [0.2, 0.25) is 0 Å². The summed E-state index contributed by atoms with van der Waals surface area (Å²) in [5.41, 5.74) is 13.2. The third-order valence-electron chi connectivity index (χ3n) is 3.28. The van der Waals surface area contributed by atoms with Crippen LogP contribution in [0.4, 0.5) is 11.6 Å². The number of aromatic nitrogens is 3. The van der Waals surface area contributed by atoms with E-state index in [0.29, 0.717) is 11.3 Å². The standard InChI is InChI=1S/C12H16N6.3ClH/c13-8-2-1-5-18(6-8)10-4-3-9-11(17-10)12(14)16-7-15-9;;;/h3-4,7-8H,1-2,5-6,13H2,(H2,14,15,16);3*1H. The predicted molar refractivity (Wildman–Crippen MR) is 92.9 cm³/mol. The van der Waals surface area contributed by atoms with Crippen LogP contribution in [0.3, 0.4) is 0 Å². The number of piperidine rings is 1. The first-order chi connectivity index (χ1) is 8.74. The number of hydrogen-bond acceptors (Lipinski definition) is 6. The molecule has 6 nitrogen and oxygen atoms in total. The van der Waals surface area contributed by atoms with Gasteiger partial charge >= 0.3 is 0 Å². The lowest BCUT2D eigenvalue weighted by atomic mass is 10.1. The van der Waals surface area contributed by atoms with Crippen LogP contribution in [0.1, 0.15) is 12.8 Å². The summed E-state index contributed by atoms with van der Waals surface area (Å²) in [5, 5.41) is 0. The molecule has 3 rings (SSSR count). The fourth-order valence-corrected chi connectivity index (χ4v) is 2.34. The zero-order chi connectivity index (χ0) is 12.5. The molecule has 0 saturated carbocycles. The minimum Gasteiger partial charge on any atom is -0.382 e. The Morgan fingerprint density at radius 1 is 1.14 bits per heavy atom. The first kappa shape index (κ1) is 19.9. The Bertz CT molecular complexity index is 582. The van der Waals surface area contributed by atoms with Crippen molar-refractivity contribution in [2.24, 2.45) is 5.73 Å². The highest BCUT2D eigenvalue weighted by molar-refractivity contribution is 5.86. The van der Waals surface area contributed by atoms with Gasteiger partial charge in [0.15, 0.2) is 5.82 Å². The summed E-state index contributed by atoms with van der Waals surface area (Å²) in [6.45, 7) is 1.83. The Morgan fingerprint density at radius 3 is 2.62 bits per heavy atom. The highest BCUT2D eigenvalue weighted by Gasteiger charge is 2.18. The van der Waals surface area contributed by atoms with Gasteiger partial charge in [0.2, 0.25) is 0 Å². The average molecular weight is 354 g/mol. The molecule has 4 N–H and O–H groups in total. The molecule has 1 saturated heterocycles. The van der Waals surface area contributed by atoms with Crippen LogP contribution in [0.15, 0.2) is 18.5 Å². The van der Waals surface area contributed by atoms with Crippen LogP contribution >= 0.6 is 37.2 Å². The molecule has 1 fully saturated rings. The molecule has 118 valence electrons. The monoisotopic (exact) mass is 352 g/mol. The van der Waals surface area contributed by atoms with Crippen molar-refractivity contribution in [3.63, 3.8) is 0 Å². The third-order valence-corrected chi connectivity index (χ3v) is 3.28. The number of fused-ring (bicyclic) bond motifs is 1. The van der Waals surface area contributed by atoms with E-state index >= 15 is 0 Å². The second-order valence-corrected chi connectivity index (χ2v) is 4.64. The number of nitrogens with two attached hydrogens (primary N) is 2. The summed E-state index contributed by atoms with van der Waals surface area (Å²) >= 11 is 0. The smallest absolute Gasteiger partial charge is 0.153 e. The van der Waals surface area contributed by atoms with Gasteiger partial charge in [-0.3, -0.25) is 0 Å². The van der Waals surface area contributed by atoms with E-state index in [1.165, 1.54) is 6.33 Å². The third kappa shape index (κ3) is 4.20. The molecule has 0 bridgehead atoms. The van der Waals surface area contributed by atoms with Crippen LogP contribution in [0.5, 0.6) is 0 Å². The highest BCUT2D eigenvalue weighted by atomic mass is 35.5. The number of nitrogens with zero attached hydrogens (tertiary/aromatic N) is 4. The van der Waals surface area contributed by atoms with E-state index in [0.717, 1.165) is 37.3 Å². The first-order valence-corrected chi connectivity index (χ1v) is 6.12. The van der Waals surface area contributed by atoms with Crippen LogP contribution < -0.4 is 16.4 Å². The molecule has 1 aliphatic rings. The van der Waals surface area contributed by atoms with Gasteiger partial charge in [0.05, 0.1) is 5.52 Å². The Labute approximate surface area is 141 Å². The molecule has 21 heavy (non-hydrogen) atoms. The Morgan fingerprint density at radius 2 is 1.90 bits per heavy atom. The minimum absolute atomic E-state index is 0. The fraction of sp³-hybridized carbons (Fsp3) is 0.417. The summed E-state index contributed by atoms with van der Waals surface area (Å²) in [7, 11) is 0. The topological polar surface area (TPSA) is 94.0 Å². The summed E-state index contributed by atoms with van der Waals surface area (Å²) in [6.07, 6.45) is 3.63. The average Bonchev–Trinajstić information content (AvgIpc) is 2.39. The second kappa shape index (κ2) is 8.38. The lowest BCUT2D eigenvalue weighted by molar-refractivity contribution is 0.503. The van der Waals surface area contributed by atoms with E-state index in [2.05, 4.69) is 19.9 Å². The van der Waals surface area contributed by atoms with Gasteiger partial charge in [-0.15, -0.1) is 37.2 Å². The van der Waals surface area contributed by atoms with E-state index in [1.807, 2.05) is 12.1 Å². The van der Waals surface area contributed by atoms with Crippen molar-refractivity contribution in [1.82, 2.24) is 15.0 Å². The molecule has 3 heterocycles. The lowest BCUT2D eigenvalue weighted by Crippen LogP contribution is -2.43. The van der Waals surface area contributed by atoms with Crippen molar-refractivity contribution in [2.75, 3.05) is 23.7 Å². The van der Waals surface area contributed by atoms with Crippen molar-refractivity contribution in [3.8, 4) is 0 Å². The second-order valence-electron chi connectivity index (χ2n) is 4.64. The first-order valence-electron chi connectivity index (χ1n) is 6.12. The minimum atomic E-state index is 0. The van der Waals surface area contributed by atoms with E-state index in [4.69, 9.17) is 11.5 Å². The van der Waals surface area contributed by atoms with Crippen LogP contribution in [0.25, 0.3) is 11.0 Å². The Hall–Kier alpha value is -1.08. The van der Waals surface area contributed by atoms with Crippen molar-refractivity contribution >= 4 is 59.9 Å². The molecule has 0 aromatic carbocycles. The number of halogens is 3. The summed E-state index contributed by atoms with van der Waals surface area (Å²) in [5.74, 6) is 1.32. The molecule has 0 spiro atoms. The maximum atomic E-state index is 5.99. The van der Waals surface area contributed by atoms with E-state index in [9.17, 15) is 0 Å². The maximum absolute atomic E-state index is 5.99. The molecule has 0 amide bonds. The number of hydrogen-bond donors (Lipinski definition) is 2. The Kier molecular flexibility index (Phi) is 7.95. The zero-order valence-corrected chi connectivity index (χ0v) is 13.8. The van der Waals surface area contributed by atoms with Gasteiger partial charge in [-0.25, -0.2) is 15.0 Å². The lowest BCUT2D eigenvalue weighted by Gasteiger charge is -2.31. The molecule has 9 heteroatoms. The van der Waals surface area contributed by atoms with E-state index < -0.39 is 0 Å². The molecule has 1 aliphatic heterocycles. The van der Waals surface area contributed by atoms with Crippen LogP contribution in [0, 0.1) is 0 Å². The highest BCUT2D eigenvalue weighted by Crippen LogP contribution is 2.21. The molecule has 0 radical (unpaired) electrons. The SMILES string of the molecule is Cl.Cl.Cl.Nc1ncnc2ccc(N3CCCC(N)C3)nc12. The maximum Gasteiger partial charge on any atom is 0.153 e. The van der Waals surface area contributed by atoms with E-state index in [1.54, 1.807) is 0 Å². The van der Waals surface area contributed by atoms with Gasteiger partial charge < -0.3 is 16.4 Å². The van der Waals surface area contributed by atoms with Crippen molar-refractivity contribution in [2.45, 2.75) is 18.9 Å². The van der Waals surface area contributed by atoms with Gasteiger partial charge in [0.1, 0.15) is 17.7 Å². The van der Waals surface area contributed by atoms with Gasteiger partial charge in [-0.05, 0) is 25.0 Å². The van der Waals surface area contributed by atoms with Crippen molar-refractivity contribution in [1.29, 1.82) is 0 Å². The molecule has 0 aliphatic carbocycles. The predicted octanol–water partition coefficient (Wildman–Crippen LogP) is 1.80. The largest absolute Gasteiger partial charge is 0.382 e. The fourth-order valence-electron chi connectivity index (χ4n) is 2.34. The molecule has 1 unspecified atom stereocenters. The molecule has 1 atom stereocenters. The number of pyridine rings is 1. The molecule has 2 aromatic rings. The quantitative estimate of drug-likeness (QED) is 0.812. The summed E-state index contributed by atoms with van der Waals surface area (Å²) < 4.78 is 0. The van der Waals surface area contributed by atoms with Crippen molar-refractivity contribution < 1.29 is 0 Å². The van der Waals surface area contributed by atoms with Crippen LogP contribution in [-0.2, 0) is 0 Å². The summed E-state index contributed by atoms with van der Waals surface area (Å²) in [6, 6.07) is 4.11. The molecular formula is C12H19Cl3N6. The van der Waals surface area contributed by atoms with Crippen LogP contribution in [-0.4, -0.2) is 34.1 Å². The normalized spacial score (nSPS) is 17.4. The van der Waals surface area contributed by atoms with Crippen molar-refractivity contribution in [3.05, 3.63) is 18.5 Å². The zero-order valence-electron chi connectivity index (χ0n) is 11.3. The number of anilines is 2. The number of rotatable bonds is 1. The number of nitrogen functional groups attached to an aromatic ring is 1. The molecular weight excluding hydrogens is 335 g/mol. The molecule has 2 aromatic heterocycles. The van der Waals surface area contributed by atoms with Gasteiger partial charge in [0.25, 0.3) is 0 Å². The summed E-state index contributed by atoms with van der Waals surface area (Å²) in [4.78, 5) is 14.9. The van der Waals surface area contributed by atoms with Gasteiger partial charge in [0, 0.05) is 19.1 Å². The van der Waals surface area contributed by atoms with Gasteiger partial charge in [-0.2, -0.15) is 0 Å².